The van der Waals surface area contributed by atoms with Gasteiger partial charge in [-0.05, 0) is 42.0 Å². The van der Waals surface area contributed by atoms with Gasteiger partial charge in [0.15, 0.2) is 0 Å². The summed E-state index contributed by atoms with van der Waals surface area (Å²) in [5.74, 6) is -1.79. The highest BCUT2D eigenvalue weighted by Gasteiger charge is 2.30. The van der Waals surface area contributed by atoms with Crippen LogP contribution in [0.25, 0.3) is 11.1 Å². The fourth-order valence-electron chi connectivity index (χ4n) is 4.90. The molecule has 2 amide bonds. The number of ether oxygens (including phenoxy) is 3. The van der Waals surface area contributed by atoms with E-state index in [4.69, 9.17) is 14.2 Å². The second-order valence-electron chi connectivity index (χ2n) is 9.69. The molecule has 1 aliphatic carbocycles. The molecule has 0 spiro atoms. The third-order valence-corrected chi connectivity index (χ3v) is 6.86. The number of rotatable bonds is 16. The molecule has 2 aromatic rings. The molecule has 3 rings (SSSR count). The molecule has 0 bridgehead atoms. The Kier molecular flexibility index (Phi) is 12.2. The Morgan fingerprint density at radius 2 is 1.37 bits per heavy atom. The standard InChI is InChI=1S/C31H38N2O8/c1-3-19-40-30(37)33-27(29(36)39-4-2)18-8-6-5-7-17-26(28(34)35)32-31(38)41-20-25-23-15-11-9-13-21(23)22-14-10-12-16-24(22)25/h3,9-16,25-27H,1,4-8,17-20H2,2H3,(H,32,38)(H,33,37)(H,34,35)/t26-,27+/m0/s1. The monoisotopic (exact) mass is 566 g/mol. The normalized spacial score (nSPS) is 13.2. The van der Waals surface area contributed by atoms with Gasteiger partial charge in [0.2, 0.25) is 0 Å². The number of carbonyl (C=O) groups excluding carboxylic acids is 3. The van der Waals surface area contributed by atoms with Crippen molar-refractivity contribution in [3.63, 3.8) is 0 Å². The number of carboxylic acid groups (broad SMARTS) is 1. The van der Waals surface area contributed by atoms with Crippen molar-refractivity contribution in [1.82, 2.24) is 10.6 Å². The smallest absolute Gasteiger partial charge is 0.408 e. The Morgan fingerprint density at radius 1 is 0.829 bits per heavy atom. The highest BCUT2D eigenvalue weighted by atomic mass is 16.6. The van der Waals surface area contributed by atoms with Gasteiger partial charge in [-0.15, -0.1) is 0 Å². The van der Waals surface area contributed by atoms with Gasteiger partial charge in [0, 0.05) is 5.92 Å². The zero-order valence-electron chi connectivity index (χ0n) is 23.3. The van der Waals surface area contributed by atoms with Crippen LogP contribution in [0, 0.1) is 0 Å². The highest BCUT2D eigenvalue weighted by Crippen LogP contribution is 2.44. The van der Waals surface area contributed by atoms with E-state index in [1.165, 1.54) is 6.08 Å². The van der Waals surface area contributed by atoms with Crippen molar-refractivity contribution in [3.8, 4) is 11.1 Å². The number of unbranched alkanes of at least 4 members (excludes halogenated alkanes) is 3. The summed E-state index contributed by atoms with van der Waals surface area (Å²) < 4.78 is 15.4. The zero-order chi connectivity index (χ0) is 29.6. The maximum absolute atomic E-state index is 12.5. The average molecular weight is 567 g/mol. The largest absolute Gasteiger partial charge is 0.480 e. The number of aliphatic carboxylic acids is 1. The number of esters is 1. The lowest BCUT2D eigenvalue weighted by atomic mass is 9.98. The minimum Gasteiger partial charge on any atom is -0.480 e. The van der Waals surface area contributed by atoms with Gasteiger partial charge < -0.3 is 30.0 Å². The van der Waals surface area contributed by atoms with Crippen molar-refractivity contribution in [3.05, 3.63) is 72.3 Å². The van der Waals surface area contributed by atoms with Crippen molar-refractivity contribution in [2.45, 2.75) is 63.5 Å². The van der Waals surface area contributed by atoms with E-state index < -0.39 is 36.2 Å². The molecule has 1 aliphatic rings. The first kappa shape index (κ1) is 31.2. The molecule has 0 saturated heterocycles. The number of hydrogen-bond acceptors (Lipinski definition) is 7. The first-order valence-electron chi connectivity index (χ1n) is 13.9. The molecule has 0 fully saturated rings. The SMILES string of the molecule is C=CCOC(=O)N[C@H](CCCCCC[C@H](NC(=O)OCC1c2ccccc2-c2ccccc21)C(=O)O)C(=O)OCC. The van der Waals surface area contributed by atoms with Crippen LogP contribution in [0.3, 0.4) is 0 Å². The molecule has 2 aromatic carbocycles. The average Bonchev–Trinajstić information content (AvgIpc) is 3.29. The third kappa shape index (κ3) is 9.09. The predicted molar refractivity (Wildman–Crippen MR) is 152 cm³/mol. The number of benzene rings is 2. The van der Waals surface area contributed by atoms with E-state index in [0.717, 1.165) is 22.3 Å². The minimum absolute atomic E-state index is 0.0240. The summed E-state index contributed by atoms with van der Waals surface area (Å²) in [5.41, 5.74) is 4.37. The second kappa shape index (κ2) is 16.1. The fourth-order valence-corrected chi connectivity index (χ4v) is 4.90. The number of carboxylic acids is 1. The maximum Gasteiger partial charge on any atom is 0.408 e. The summed E-state index contributed by atoms with van der Waals surface area (Å²) in [7, 11) is 0. The summed E-state index contributed by atoms with van der Waals surface area (Å²) >= 11 is 0. The van der Waals surface area contributed by atoms with Crippen LogP contribution < -0.4 is 10.6 Å². The lowest BCUT2D eigenvalue weighted by Crippen LogP contribution is -2.42. The van der Waals surface area contributed by atoms with Crippen LogP contribution in [-0.4, -0.2) is 61.1 Å². The van der Waals surface area contributed by atoms with E-state index in [2.05, 4.69) is 17.2 Å². The van der Waals surface area contributed by atoms with Gasteiger partial charge >= 0.3 is 24.1 Å². The molecular formula is C31H38N2O8. The molecule has 0 saturated carbocycles. The van der Waals surface area contributed by atoms with Crippen molar-refractivity contribution < 1.29 is 38.5 Å². The van der Waals surface area contributed by atoms with Crippen LogP contribution in [0.5, 0.6) is 0 Å². The molecule has 3 N–H and O–H groups in total. The lowest BCUT2D eigenvalue weighted by molar-refractivity contribution is -0.145. The molecule has 41 heavy (non-hydrogen) atoms. The number of fused-ring (bicyclic) bond motifs is 3. The van der Waals surface area contributed by atoms with Crippen molar-refractivity contribution in [2.75, 3.05) is 19.8 Å². The topological polar surface area (TPSA) is 140 Å². The maximum atomic E-state index is 12.5. The van der Waals surface area contributed by atoms with Crippen molar-refractivity contribution in [1.29, 1.82) is 0 Å². The quantitative estimate of drug-likeness (QED) is 0.110. The molecule has 220 valence electrons. The Morgan fingerprint density at radius 3 is 1.93 bits per heavy atom. The fraction of sp³-hybridized carbons (Fsp3) is 0.419. The van der Waals surface area contributed by atoms with Crippen LogP contribution in [-0.2, 0) is 23.8 Å². The van der Waals surface area contributed by atoms with Gasteiger partial charge in [0.1, 0.15) is 25.3 Å². The molecule has 0 radical (unpaired) electrons. The zero-order valence-corrected chi connectivity index (χ0v) is 23.3. The molecule has 10 nitrogen and oxygen atoms in total. The number of alkyl carbamates (subject to hydrolysis) is 2. The summed E-state index contributed by atoms with van der Waals surface area (Å²) in [4.78, 5) is 48.3. The van der Waals surface area contributed by atoms with E-state index >= 15 is 0 Å². The van der Waals surface area contributed by atoms with E-state index in [9.17, 15) is 24.3 Å². The Hall–Kier alpha value is -4.34. The molecule has 0 unspecified atom stereocenters. The lowest BCUT2D eigenvalue weighted by Gasteiger charge is -2.18. The number of hydrogen-bond donors (Lipinski definition) is 3. The van der Waals surface area contributed by atoms with Gasteiger partial charge in [-0.3, -0.25) is 0 Å². The summed E-state index contributed by atoms with van der Waals surface area (Å²) in [6.07, 6.45) is 3.00. The Bertz CT molecular complexity index is 1170. The van der Waals surface area contributed by atoms with Crippen LogP contribution in [0.15, 0.2) is 61.2 Å². The van der Waals surface area contributed by atoms with Gasteiger partial charge in [-0.1, -0.05) is 86.9 Å². The predicted octanol–water partition coefficient (Wildman–Crippen LogP) is 5.16. The van der Waals surface area contributed by atoms with Gasteiger partial charge in [0.25, 0.3) is 0 Å². The second-order valence-corrected chi connectivity index (χ2v) is 9.69. The molecular weight excluding hydrogens is 528 g/mol. The van der Waals surface area contributed by atoms with Gasteiger partial charge in [0.05, 0.1) is 6.61 Å². The number of amides is 2. The van der Waals surface area contributed by atoms with Crippen molar-refractivity contribution >= 4 is 24.1 Å². The third-order valence-electron chi connectivity index (χ3n) is 6.86. The van der Waals surface area contributed by atoms with Crippen LogP contribution in [0.2, 0.25) is 0 Å². The molecule has 0 aliphatic heterocycles. The first-order valence-corrected chi connectivity index (χ1v) is 13.9. The Balaban J connectivity index is 1.41. The number of nitrogens with one attached hydrogen (secondary N) is 2. The molecule has 0 heterocycles. The summed E-state index contributed by atoms with van der Waals surface area (Å²) in [5, 5.41) is 14.6. The number of carbonyl (C=O) groups is 4. The molecule has 10 heteroatoms. The van der Waals surface area contributed by atoms with Crippen LogP contribution in [0.4, 0.5) is 9.59 Å². The minimum atomic E-state index is -1.14. The molecule has 0 aromatic heterocycles. The van der Waals surface area contributed by atoms with E-state index in [0.29, 0.717) is 32.1 Å². The summed E-state index contributed by atoms with van der Waals surface area (Å²) in [6.45, 7) is 5.46. The first-order chi connectivity index (χ1) is 19.8. The molecule has 2 atom stereocenters. The van der Waals surface area contributed by atoms with Crippen molar-refractivity contribution in [2.24, 2.45) is 0 Å². The highest BCUT2D eigenvalue weighted by molar-refractivity contribution is 5.82. The van der Waals surface area contributed by atoms with E-state index in [1.54, 1.807) is 6.92 Å². The Labute approximate surface area is 240 Å². The van der Waals surface area contributed by atoms with Crippen LogP contribution >= 0.6 is 0 Å². The van der Waals surface area contributed by atoms with E-state index in [1.807, 2.05) is 48.5 Å². The van der Waals surface area contributed by atoms with Gasteiger partial charge in [-0.25, -0.2) is 19.2 Å². The summed E-state index contributed by atoms with van der Waals surface area (Å²) in [6, 6.07) is 14.0. The van der Waals surface area contributed by atoms with Crippen LogP contribution in [0.1, 0.15) is 62.5 Å². The van der Waals surface area contributed by atoms with E-state index in [-0.39, 0.29) is 32.2 Å². The van der Waals surface area contributed by atoms with Gasteiger partial charge in [-0.2, -0.15) is 0 Å².